The van der Waals surface area contributed by atoms with Gasteiger partial charge in [0.2, 0.25) is 0 Å². The molecule has 0 saturated carbocycles. The Morgan fingerprint density at radius 2 is 1.88 bits per heavy atom. The number of rotatable bonds is 6. The number of amides is 1. The summed E-state index contributed by atoms with van der Waals surface area (Å²) in [5.41, 5.74) is -1.66. The van der Waals surface area contributed by atoms with Crippen molar-refractivity contribution in [2.24, 2.45) is 0 Å². The molecule has 0 unspecified atom stereocenters. The fraction of sp³-hybridized carbons (Fsp3) is 0.818. The van der Waals surface area contributed by atoms with Gasteiger partial charge in [-0.3, -0.25) is 4.90 Å². The molecular formula is C22H40N2O6SSi. The van der Waals surface area contributed by atoms with E-state index in [2.05, 4.69) is 38.8 Å². The SMILES string of the molecule is CC(C)(C)OC(=O)N1[C@@H]([C@H](O[Si](C)(C)C(C)(C)C)[C@H](O)[C@@H](O)c2nccs2)COC1(C)C. The zero-order chi connectivity index (χ0) is 24.7. The van der Waals surface area contributed by atoms with E-state index in [1.807, 2.05) is 0 Å². The van der Waals surface area contributed by atoms with Gasteiger partial charge in [-0.2, -0.15) is 0 Å². The third-order valence-corrected chi connectivity index (χ3v) is 11.4. The van der Waals surface area contributed by atoms with Crippen molar-refractivity contribution in [3.05, 3.63) is 16.6 Å². The predicted octanol–water partition coefficient (Wildman–Crippen LogP) is 4.30. The fourth-order valence-corrected chi connectivity index (χ4v) is 5.33. The van der Waals surface area contributed by atoms with Gasteiger partial charge in [-0.25, -0.2) is 9.78 Å². The van der Waals surface area contributed by atoms with Crippen molar-refractivity contribution in [1.29, 1.82) is 0 Å². The van der Waals surface area contributed by atoms with Crippen LogP contribution in [0.15, 0.2) is 11.6 Å². The van der Waals surface area contributed by atoms with Crippen molar-refractivity contribution < 1.29 is 28.9 Å². The van der Waals surface area contributed by atoms with E-state index in [0.29, 0.717) is 5.01 Å². The number of hydrogen-bond acceptors (Lipinski definition) is 8. The van der Waals surface area contributed by atoms with Crippen LogP contribution in [0.25, 0.3) is 0 Å². The second-order valence-corrected chi connectivity index (χ2v) is 17.0. The van der Waals surface area contributed by atoms with Gasteiger partial charge in [-0.05, 0) is 52.8 Å². The van der Waals surface area contributed by atoms with E-state index in [-0.39, 0.29) is 11.6 Å². The summed E-state index contributed by atoms with van der Waals surface area (Å²) in [6.07, 6.45) is -2.44. The van der Waals surface area contributed by atoms with Crippen molar-refractivity contribution in [2.45, 2.75) is 109 Å². The molecule has 1 aromatic rings. The molecule has 0 bridgehead atoms. The summed E-state index contributed by atoms with van der Waals surface area (Å²) < 4.78 is 18.3. The van der Waals surface area contributed by atoms with E-state index in [9.17, 15) is 15.0 Å². The van der Waals surface area contributed by atoms with Crippen molar-refractivity contribution in [1.82, 2.24) is 9.88 Å². The van der Waals surface area contributed by atoms with Crippen LogP contribution < -0.4 is 0 Å². The van der Waals surface area contributed by atoms with E-state index < -0.39 is 50.1 Å². The third kappa shape index (κ3) is 6.09. The fourth-order valence-electron chi connectivity index (χ4n) is 3.34. The van der Waals surface area contributed by atoms with Crippen LogP contribution in [0.3, 0.4) is 0 Å². The van der Waals surface area contributed by atoms with Gasteiger partial charge in [0.1, 0.15) is 28.5 Å². The molecule has 32 heavy (non-hydrogen) atoms. The Hall–Kier alpha value is -1.04. The molecule has 1 aromatic heterocycles. The number of carbonyl (C=O) groups excluding carboxylic acids is 1. The van der Waals surface area contributed by atoms with Crippen molar-refractivity contribution >= 4 is 25.7 Å². The van der Waals surface area contributed by atoms with Gasteiger partial charge >= 0.3 is 6.09 Å². The van der Waals surface area contributed by atoms with Crippen LogP contribution in [0.5, 0.6) is 0 Å². The summed E-state index contributed by atoms with van der Waals surface area (Å²) in [5.74, 6) is 0. The molecule has 4 atom stereocenters. The lowest BCUT2D eigenvalue weighted by atomic mass is 10.0. The number of nitrogens with zero attached hydrogens (tertiary/aromatic N) is 2. The van der Waals surface area contributed by atoms with E-state index in [0.717, 1.165) is 0 Å². The molecule has 184 valence electrons. The van der Waals surface area contributed by atoms with E-state index in [4.69, 9.17) is 13.9 Å². The highest BCUT2D eigenvalue weighted by Crippen LogP contribution is 2.41. The Bertz CT molecular complexity index is 772. The predicted molar refractivity (Wildman–Crippen MR) is 127 cm³/mol. The summed E-state index contributed by atoms with van der Waals surface area (Å²) in [6, 6.07) is -0.654. The van der Waals surface area contributed by atoms with Crippen LogP contribution >= 0.6 is 11.3 Å². The first-order chi connectivity index (χ1) is 14.4. The molecule has 10 heteroatoms. The molecule has 1 amide bonds. The van der Waals surface area contributed by atoms with E-state index in [1.165, 1.54) is 16.2 Å². The number of thiazole rings is 1. The van der Waals surface area contributed by atoms with Gasteiger partial charge in [0.05, 0.1) is 18.8 Å². The molecule has 1 fully saturated rings. The van der Waals surface area contributed by atoms with Gasteiger partial charge in [0.15, 0.2) is 8.32 Å². The standard InChI is InChI=1S/C22H40N2O6SSi/c1-20(2,3)29-19(27)24-14(13-28-22(24,7)8)17(30-32(9,10)21(4,5)6)15(25)16(26)18-23-11-12-31-18/h11-12,14-17,25-26H,13H2,1-10H3/t14-,15-,16-,17+/m1/s1. The molecule has 8 nitrogen and oxygen atoms in total. The van der Waals surface area contributed by atoms with Gasteiger partial charge in [-0.15, -0.1) is 11.3 Å². The first kappa shape index (κ1) is 27.2. The van der Waals surface area contributed by atoms with Crippen LogP contribution in [0.4, 0.5) is 4.79 Å². The molecule has 0 radical (unpaired) electrons. The lowest BCUT2D eigenvalue weighted by Crippen LogP contribution is -2.60. The maximum atomic E-state index is 13.2. The van der Waals surface area contributed by atoms with Gasteiger partial charge in [-0.1, -0.05) is 20.8 Å². The topological polar surface area (TPSA) is 101 Å². The molecule has 2 heterocycles. The number of aromatic nitrogens is 1. The minimum atomic E-state index is -2.41. The maximum Gasteiger partial charge on any atom is 0.412 e. The molecule has 0 aromatic carbocycles. The molecule has 2 rings (SSSR count). The summed E-state index contributed by atoms with van der Waals surface area (Å²) in [6.45, 7) is 19.5. The second kappa shape index (κ2) is 9.30. The lowest BCUT2D eigenvalue weighted by molar-refractivity contribution is -0.0940. The first-order valence-electron chi connectivity index (χ1n) is 11.0. The molecule has 0 aliphatic carbocycles. The number of ether oxygens (including phenoxy) is 2. The number of carbonyl (C=O) groups is 1. The maximum absolute atomic E-state index is 13.2. The number of aliphatic hydroxyl groups is 2. The zero-order valence-electron chi connectivity index (χ0n) is 21.0. The Balaban J connectivity index is 2.47. The molecule has 1 aliphatic rings. The Labute approximate surface area is 197 Å². The van der Waals surface area contributed by atoms with E-state index >= 15 is 0 Å². The smallest absolute Gasteiger partial charge is 0.412 e. The summed E-state index contributed by atoms with van der Waals surface area (Å²) in [5, 5.41) is 24.2. The van der Waals surface area contributed by atoms with Gasteiger partial charge in [0.25, 0.3) is 0 Å². The Morgan fingerprint density at radius 1 is 1.28 bits per heavy atom. The minimum absolute atomic E-state index is 0.146. The van der Waals surface area contributed by atoms with Gasteiger partial charge in [0, 0.05) is 11.6 Å². The van der Waals surface area contributed by atoms with E-state index in [1.54, 1.807) is 46.2 Å². The van der Waals surface area contributed by atoms with Gasteiger partial charge < -0.3 is 24.1 Å². The van der Waals surface area contributed by atoms with Crippen molar-refractivity contribution in [3.8, 4) is 0 Å². The normalized spacial score (nSPS) is 22.5. The highest BCUT2D eigenvalue weighted by atomic mass is 32.1. The zero-order valence-corrected chi connectivity index (χ0v) is 22.8. The van der Waals surface area contributed by atoms with Crippen LogP contribution in [0.2, 0.25) is 18.1 Å². The van der Waals surface area contributed by atoms with Crippen LogP contribution in [-0.4, -0.2) is 70.7 Å². The first-order valence-corrected chi connectivity index (χ1v) is 14.8. The quantitative estimate of drug-likeness (QED) is 0.576. The summed E-state index contributed by atoms with van der Waals surface area (Å²) in [7, 11) is -2.41. The molecular weight excluding hydrogens is 448 g/mol. The molecule has 1 saturated heterocycles. The largest absolute Gasteiger partial charge is 0.444 e. The number of aliphatic hydroxyl groups excluding tert-OH is 2. The molecule has 2 N–H and O–H groups in total. The molecule has 1 aliphatic heterocycles. The highest BCUT2D eigenvalue weighted by molar-refractivity contribution is 7.09. The van der Waals surface area contributed by atoms with Crippen LogP contribution in [0, 0.1) is 0 Å². The van der Waals surface area contributed by atoms with Crippen molar-refractivity contribution in [2.75, 3.05) is 6.61 Å². The average Bonchev–Trinajstić information content (AvgIpc) is 3.23. The van der Waals surface area contributed by atoms with Crippen molar-refractivity contribution in [3.63, 3.8) is 0 Å². The lowest BCUT2D eigenvalue weighted by Gasteiger charge is -2.45. The summed E-state index contributed by atoms with van der Waals surface area (Å²) in [4.78, 5) is 18.8. The Kier molecular flexibility index (Phi) is 7.91. The number of hydrogen-bond donors (Lipinski definition) is 2. The van der Waals surface area contributed by atoms with Crippen LogP contribution in [0.1, 0.15) is 66.5 Å². The highest BCUT2D eigenvalue weighted by Gasteiger charge is 2.54. The molecule has 0 spiro atoms. The second-order valence-electron chi connectivity index (χ2n) is 11.3. The monoisotopic (exact) mass is 488 g/mol. The third-order valence-electron chi connectivity index (χ3n) is 6.09. The van der Waals surface area contributed by atoms with Crippen LogP contribution in [-0.2, 0) is 13.9 Å². The Morgan fingerprint density at radius 3 is 2.34 bits per heavy atom. The average molecular weight is 489 g/mol. The minimum Gasteiger partial charge on any atom is -0.444 e. The summed E-state index contributed by atoms with van der Waals surface area (Å²) >= 11 is 1.26.